The first-order valence-corrected chi connectivity index (χ1v) is 6.30. The quantitative estimate of drug-likeness (QED) is 0.844. The van der Waals surface area contributed by atoms with Crippen LogP contribution in [0.4, 0.5) is 5.69 Å². The summed E-state index contributed by atoms with van der Waals surface area (Å²) in [6.07, 6.45) is 2.53. The van der Waals surface area contributed by atoms with Crippen molar-refractivity contribution >= 4 is 11.6 Å². The lowest BCUT2D eigenvalue weighted by Gasteiger charge is -2.16. The van der Waals surface area contributed by atoms with Crippen LogP contribution in [-0.2, 0) is 0 Å². The molecule has 92 valence electrons. The van der Waals surface area contributed by atoms with Crippen molar-refractivity contribution < 1.29 is 4.79 Å². The van der Waals surface area contributed by atoms with E-state index in [0.29, 0.717) is 0 Å². The number of rotatable bonds is 5. The van der Waals surface area contributed by atoms with Crippen molar-refractivity contribution in [1.29, 1.82) is 0 Å². The highest BCUT2D eigenvalue weighted by Gasteiger charge is 2.21. The molecule has 1 aromatic rings. The standard InChI is InChI=1S/C14H20N2O/c1-3-16(2)13-8-6-12(7-9-13)14(17)15-10-11-4-5-11/h6-9,11H,3-5,10H2,1-2H3,(H,15,17). The van der Waals surface area contributed by atoms with Crippen LogP contribution in [0.1, 0.15) is 30.1 Å². The predicted molar refractivity (Wildman–Crippen MR) is 70.4 cm³/mol. The van der Waals surface area contributed by atoms with E-state index in [1.807, 2.05) is 31.3 Å². The minimum Gasteiger partial charge on any atom is -0.375 e. The fourth-order valence-corrected chi connectivity index (χ4v) is 1.71. The lowest BCUT2D eigenvalue weighted by molar-refractivity contribution is 0.0952. The van der Waals surface area contributed by atoms with Gasteiger partial charge in [-0.25, -0.2) is 0 Å². The van der Waals surface area contributed by atoms with Crippen LogP contribution in [-0.4, -0.2) is 26.0 Å². The second kappa shape index (κ2) is 5.21. The maximum absolute atomic E-state index is 11.8. The monoisotopic (exact) mass is 232 g/mol. The zero-order valence-electron chi connectivity index (χ0n) is 10.6. The molecule has 3 heteroatoms. The van der Waals surface area contributed by atoms with Crippen molar-refractivity contribution in [3.63, 3.8) is 0 Å². The fourth-order valence-electron chi connectivity index (χ4n) is 1.71. The van der Waals surface area contributed by atoms with Crippen LogP contribution in [0.25, 0.3) is 0 Å². The molecule has 0 aliphatic heterocycles. The fraction of sp³-hybridized carbons (Fsp3) is 0.500. The Bertz CT molecular complexity index is 382. The maximum Gasteiger partial charge on any atom is 0.251 e. The lowest BCUT2D eigenvalue weighted by atomic mass is 10.2. The molecule has 0 bridgehead atoms. The molecule has 0 radical (unpaired) electrons. The minimum absolute atomic E-state index is 0.0441. The van der Waals surface area contributed by atoms with Crippen molar-refractivity contribution in [3.05, 3.63) is 29.8 Å². The first-order chi connectivity index (χ1) is 8.20. The summed E-state index contributed by atoms with van der Waals surface area (Å²) < 4.78 is 0. The molecule has 1 aliphatic carbocycles. The molecule has 0 heterocycles. The van der Waals surface area contributed by atoms with Gasteiger partial charge in [0.05, 0.1) is 0 Å². The van der Waals surface area contributed by atoms with E-state index >= 15 is 0 Å². The Balaban J connectivity index is 1.93. The molecule has 1 fully saturated rings. The second-order valence-electron chi connectivity index (χ2n) is 4.71. The summed E-state index contributed by atoms with van der Waals surface area (Å²) in [5, 5.41) is 2.97. The van der Waals surface area contributed by atoms with Crippen molar-refractivity contribution in [2.45, 2.75) is 19.8 Å². The van der Waals surface area contributed by atoms with Gasteiger partial charge >= 0.3 is 0 Å². The molecule has 0 atom stereocenters. The largest absolute Gasteiger partial charge is 0.375 e. The molecule has 1 aliphatic rings. The molecule has 0 saturated heterocycles. The van der Waals surface area contributed by atoms with E-state index in [4.69, 9.17) is 0 Å². The predicted octanol–water partition coefficient (Wildman–Crippen LogP) is 2.28. The summed E-state index contributed by atoms with van der Waals surface area (Å²) in [5.74, 6) is 0.770. The minimum atomic E-state index is 0.0441. The molecular weight excluding hydrogens is 212 g/mol. The Kier molecular flexibility index (Phi) is 3.67. The molecule has 3 nitrogen and oxygen atoms in total. The Hall–Kier alpha value is -1.51. The number of nitrogens with one attached hydrogen (secondary N) is 1. The van der Waals surface area contributed by atoms with Gasteiger partial charge in [0.15, 0.2) is 0 Å². The first-order valence-electron chi connectivity index (χ1n) is 6.30. The summed E-state index contributed by atoms with van der Waals surface area (Å²) in [6.45, 7) is 3.90. The van der Waals surface area contributed by atoms with Crippen LogP contribution in [0.3, 0.4) is 0 Å². The summed E-state index contributed by atoms with van der Waals surface area (Å²) in [7, 11) is 2.04. The number of carbonyl (C=O) groups excluding carboxylic acids is 1. The summed E-state index contributed by atoms with van der Waals surface area (Å²) >= 11 is 0. The molecular formula is C14H20N2O. The molecule has 0 spiro atoms. The smallest absolute Gasteiger partial charge is 0.251 e. The molecule has 2 rings (SSSR count). The highest BCUT2D eigenvalue weighted by atomic mass is 16.1. The third kappa shape index (κ3) is 3.22. The molecule has 1 aromatic carbocycles. The highest BCUT2D eigenvalue weighted by Crippen LogP contribution is 2.27. The Morgan fingerprint density at radius 1 is 1.35 bits per heavy atom. The van der Waals surface area contributed by atoms with Crippen molar-refractivity contribution in [3.8, 4) is 0 Å². The van der Waals surface area contributed by atoms with Gasteiger partial charge in [0.2, 0.25) is 0 Å². The number of amides is 1. The maximum atomic E-state index is 11.8. The van der Waals surface area contributed by atoms with Crippen LogP contribution in [0, 0.1) is 5.92 Å². The van der Waals surface area contributed by atoms with Crippen LogP contribution in [0.5, 0.6) is 0 Å². The molecule has 0 aromatic heterocycles. The number of hydrogen-bond donors (Lipinski definition) is 1. The van der Waals surface area contributed by atoms with E-state index in [0.717, 1.165) is 30.3 Å². The van der Waals surface area contributed by atoms with Crippen LogP contribution >= 0.6 is 0 Å². The number of anilines is 1. The summed E-state index contributed by atoms with van der Waals surface area (Å²) in [6, 6.07) is 7.78. The topological polar surface area (TPSA) is 32.3 Å². The number of carbonyl (C=O) groups is 1. The number of hydrogen-bond acceptors (Lipinski definition) is 2. The van der Waals surface area contributed by atoms with Crippen LogP contribution in [0.2, 0.25) is 0 Å². The SMILES string of the molecule is CCN(C)c1ccc(C(=O)NCC2CC2)cc1. The molecule has 17 heavy (non-hydrogen) atoms. The first kappa shape index (κ1) is 12.0. The van der Waals surface area contributed by atoms with Gasteiger partial charge in [-0.15, -0.1) is 0 Å². The third-order valence-corrected chi connectivity index (χ3v) is 3.29. The van der Waals surface area contributed by atoms with Gasteiger partial charge in [-0.1, -0.05) is 0 Å². The summed E-state index contributed by atoms with van der Waals surface area (Å²) in [5.41, 5.74) is 1.89. The average Bonchev–Trinajstić information content (AvgIpc) is 3.19. The zero-order chi connectivity index (χ0) is 12.3. The third-order valence-electron chi connectivity index (χ3n) is 3.29. The van der Waals surface area contributed by atoms with E-state index in [9.17, 15) is 4.79 Å². The number of benzene rings is 1. The highest BCUT2D eigenvalue weighted by molar-refractivity contribution is 5.94. The van der Waals surface area contributed by atoms with E-state index in [1.54, 1.807) is 0 Å². The van der Waals surface area contributed by atoms with Crippen molar-refractivity contribution in [2.75, 3.05) is 25.0 Å². The Morgan fingerprint density at radius 2 is 2.00 bits per heavy atom. The van der Waals surface area contributed by atoms with Gasteiger partial charge in [-0.2, -0.15) is 0 Å². The van der Waals surface area contributed by atoms with Crippen LogP contribution in [0.15, 0.2) is 24.3 Å². The van der Waals surface area contributed by atoms with Gasteiger partial charge in [-0.05, 0) is 49.9 Å². The van der Waals surface area contributed by atoms with E-state index in [2.05, 4.69) is 17.1 Å². The second-order valence-corrected chi connectivity index (χ2v) is 4.71. The van der Waals surface area contributed by atoms with Gasteiger partial charge < -0.3 is 10.2 Å². The lowest BCUT2D eigenvalue weighted by Crippen LogP contribution is -2.25. The molecule has 1 N–H and O–H groups in total. The van der Waals surface area contributed by atoms with Crippen LogP contribution < -0.4 is 10.2 Å². The van der Waals surface area contributed by atoms with Gasteiger partial charge in [0.1, 0.15) is 0 Å². The normalized spacial score (nSPS) is 14.5. The molecule has 1 saturated carbocycles. The Morgan fingerprint density at radius 3 is 2.53 bits per heavy atom. The van der Waals surface area contributed by atoms with Crippen molar-refractivity contribution in [1.82, 2.24) is 5.32 Å². The Labute approximate surface area is 103 Å². The van der Waals surface area contributed by atoms with Gasteiger partial charge in [0, 0.05) is 31.4 Å². The zero-order valence-corrected chi connectivity index (χ0v) is 10.6. The molecule has 0 unspecified atom stereocenters. The van der Waals surface area contributed by atoms with E-state index in [1.165, 1.54) is 12.8 Å². The van der Waals surface area contributed by atoms with E-state index in [-0.39, 0.29) is 5.91 Å². The number of nitrogens with zero attached hydrogens (tertiary/aromatic N) is 1. The average molecular weight is 232 g/mol. The van der Waals surface area contributed by atoms with Gasteiger partial charge in [-0.3, -0.25) is 4.79 Å². The van der Waals surface area contributed by atoms with Crippen molar-refractivity contribution in [2.24, 2.45) is 5.92 Å². The van der Waals surface area contributed by atoms with Gasteiger partial charge in [0.25, 0.3) is 5.91 Å². The summed E-state index contributed by atoms with van der Waals surface area (Å²) in [4.78, 5) is 13.9. The van der Waals surface area contributed by atoms with E-state index < -0.39 is 0 Å². The molecule has 1 amide bonds.